The first-order valence-corrected chi connectivity index (χ1v) is 11.8. The van der Waals surface area contributed by atoms with Crippen LogP contribution in [0.2, 0.25) is 0 Å². The van der Waals surface area contributed by atoms with Gasteiger partial charge in [0, 0.05) is 22.7 Å². The predicted octanol–water partition coefficient (Wildman–Crippen LogP) is 4.33. The molecule has 168 valence electrons. The van der Waals surface area contributed by atoms with Gasteiger partial charge in [0.15, 0.2) is 5.58 Å². The lowest BCUT2D eigenvalue weighted by atomic mass is 9.91. The molecule has 32 heavy (non-hydrogen) atoms. The zero-order valence-corrected chi connectivity index (χ0v) is 19.2. The predicted molar refractivity (Wildman–Crippen MR) is 129 cm³/mol. The molecule has 5 heteroatoms. The van der Waals surface area contributed by atoms with Crippen LogP contribution in [0.1, 0.15) is 49.9 Å². The van der Waals surface area contributed by atoms with Crippen LogP contribution in [0, 0.1) is 5.92 Å². The van der Waals surface area contributed by atoms with Crippen molar-refractivity contribution < 1.29 is 14.2 Å². The third-order valence-corrected chi connectivity index (χ3v) is 6.63. The fourth-order valence-electron chi connectivity index (χ4n) is 4.67. The highest BCUT2D eigenvalue weighted by Gasteiger charge is 2.24. The van der Waals surface area contributed by atoms with E-state index in [1.807, 2.05) is 32.1 Å². The van der Waals surface area contributed by atoms with Crippen molar-refractivity contribution in [1.29, 1.82) is 0 Å². The lowest BCUT2D eigenvalue weighted by molar-refractivity contribution is -0.919. The van der Waals surface area contributed by atoms with Crippen molar-refractivity contribution >= 4 is 22.6 Å². The average Bonchev–Trinajstić information content (AvgIpc) is 3.39. The van der Waals surface area contributed by atoms with Crippen LogP contribution in [0.3, 0.4) is 0 Å². The second-order valence-electron chi connectivity index (χ2n) is 8.92. The second-order valence-corrected chi connectivity index (χ2v) is 8.92. The monoisotopic (exact) mass is 432 g/mol. The van der Waals surface area contributed by atoms with Crippen molar-refractivity contribution in [2.45, 2.75) is 52.5 Å². The lowest BCUT2D eigenvalue weighted by Crippen LogP contribution is -3.11. The summed E-state index contributed by atoms with van der Waals surface area (Å²) in [5, 5.41) is 8.26. The van der Waals surface area contributed by atoms with Gasteiger partial charge in [-0.3, -0.25) is 4.79 Å². The van der Waals surface area contributed by atoms with E-state index >= 15 is 0 Å². The fraction of sp³-hybridized carbons (Fsp3) is 0.407. The van der Waals surface area contributed by atoms with Crippen LogP contribution >= 0.6 is 0 Å². The molecule has 2 aliphatic rings. The summed E-state index contributed by atoms with van der Waals surface area (Å²) in [6, 6.07) is 14.8. The molecule has 2 aliphatic heterocycles. The number of rotatable bonds is 5. The fourth-order valence-corrected chi connectivity index (χ4v) is 4.67. The number of hydrogen-bond donors (Lipinski definition) is 2. The number of amides is 1. The van der Waals surface area contributed by atoms with E-state index in [0.717, 1.165) is 53.2 Å². The van der Waals surface area contributed by atoms with E-state index in [2.05, 4.69) is 46.9 Å². The number of quaternary nitrogens is 1. The first-order valence-electron chi connectivity index (χ1n) is 11.8. The van der Waals surface area contributed by atoms with E-state index in [1.165, 1.54) is 31.5 Å². The van der Waals surface area contributed by atoms with Gasteiger partial charge >= 0.3 is 0 Å². The van der Waals surface area contributed by atoms with E-state index in [0.29, 0.717) is 6.42 Å². The van der Waals surface area contributed by atoms with Gasteiger partial charge in [-0.1, -0.05) is 47.6 Å². The number of nitrogens with one attached hydrogen (secondary N) is 2. The number of likely N-dealkylation sites (tertiary alicyclic amines) is 1. The first-order chi connectivity index (χ1) is 15.7. The van der Waals surface area contributed by atoms with Gasteiger partial charge < -0.3 is 14.7 Å². The Hall–Kier alpha value is -2.92. The highest BCUT2D eigenvalue weighted by molar-refractivity contribution is 6.02. The van der Waals surface area contributed by atoms with Crippen molar-refractivity contribution in [3.8, 4) is 0 Å². The Morgan fingerprint density at radius 1 is 1.12 bits per heavy atom. The molecule has 0 atom stereocenters. The molecule has 1 fully saturated rings. The van der Waals surface area contributed by atoms with Gasteiger partial charge in [0.2, 0.25) is 5.91 Å². The molecule has 3 aromatic rings. The molecule has 2 N–H and O–H groups in total. The van der Waals surface area contributed by atoms with E-state index in [9.17, 15) is 4.79 Å². The Morgan fingerprint density at radius 3 is 2.59 bits per heavy atom. The molecular weight excluding hydrogens is 398 g/mol. The Bertz CT molecular complexity index is 1060. The SMILES string of the molecule is C/C=C\C.O=C1Cc2cc3c(CCC4CC[NH+](Cc5ccccc5)CC4)noc3cc2N1. The summed E-state index contributed by atoms with van der Waals surface area (Å²) in [7, 11) is 0. The van der Waals surface area contributed by atoms with Gasteiger partial charge in [-0.05, 0) is 57.1 Å². The molecule has 5 nitrogen and oxygen atoms in total. The third kappa shape index (κ3) is 5.46. The number of carbonyl (C=O) groups excluding carboxylic acids is 1. The highest BCUT2D eigenvalue weighted by atomic mass is 16.5. The summed E-state index contributed by atoms with van der Waals surface area (Å²) < 4.78 is 5.53. The number of carbonyl (C=O) groups is 1. The summed E-state index contributed by atoms with van der Waals surface area (Å²) in [4.78, 5) is 13.3. The summed E-state index contributed by atoms with van der Waals surface area (Å²) in [5.41, 5.74) is 5.17. The number of nitrogens with zero attached hydrogens (tertiary/aromatic N) is 1. The van der Waals surface area contributed by atoms with Crippen molar-refractivity contribution in [1.82, 2.24) is 5.16 Å². The van der Waals surface area contributed by atoms with Gasteiger partial charge in [0.05, 0.1) is 25.2 Å². The van der Waals surface area contributed by atoms with Crippen LogP contribution in [-0.2, 0) is 24.2 Å². The smallest absolute Gasteiger partial charge is 0.228 e. The van der Waals surface area contributed by atoms with Gasteiger partial charge in [-0.25, -0.2) is 0 Å². The van der Waals surface area contributed by atoms with Gasteiger partial charge in [-0.15, -0.1) is 0 Å². The Labute approximate surface area is 190 Å². The van der Waals surface area contributed by atoms with Crippen LogP contribution in [0.15, 0.2) is 59.1 Å². The molecule has 0 saturated carbocycles. The minimum atomic E-state index is 0.0573. The van der Waals surface area contributed by atoms with Crippen LogP contribution < -0.4 is 10.2 Å². The van der Waals surface area contributed by atoms with Gasteiger partial charge in [-0.2, -0.15) is 0 Å². The zero-order chi connectivity index (χ0) is 22.3. The zero-order valence-electron chi connectivity index (χ0n) is 19.2. The van der Waals surface area contributed by atoms with E-state index < -0.39 is 0 Å². The maximum absolute atomic E-state index is 11.6. The molecule has 0 spiro atoms. The van der Waals surface area contributed by atoms with Crippen molar-refractivity contribution in [3.63, 3.8) is 0 Å². The minimum absolute atomic E-state index is 0.0573. The number of hydrogen-bond acceptors (Lipinski definition) is 3. The molecule has 3 heterocycles. The second kappa shape index (κ2) is 10.6. The van der Waals surface area contributed by atoms with Crippen LogP contribution in [-0.4, -0.2) is 24.2 Å². The maximum atomic E-state index is 11.6. The van der Waals surface area contributed by atoms with Crippen molar-refractivity contribution in [2.24, 2.45) is 5.92 Å². The molecule has 1 aromatic heterocycles. The lowest BCUT2D eigenvalue weighted by Gasteiger charge is -2.29. The number of aryl methyl sites for hydroxylation is 1. The molecule has 5 rings (SSSR count). The molecular formula is C27H34N3O2+. The van der Waals surface area contributed by atoms with Crippen molar-refractivity contribution in [3.05, 3.63) is 71.4 Å². The topological polar surface area (TPSA) is 59.6 Å². The summed E-state index contributed by atoms with van der Waals surface area (Å²) in [5.74, 6) is 0.825. The highest BCUT2D eigenvalue weighted by Crippen LogP contribution is 2.31. The van der Waals surface area contributed by atoms with Crippen LogP contribution in [0.4, 0.5) is 5.69 Å². The minimum Gasteiger partial charge on any atom is -0.356 e. The molecule has 1 saturated heterocycles. The average molecular weight is 433 g/mol. The molecule has 0 bridgehead atoms. The Balaban J connectivity index is 0.000000567. The van der Waals surface area contributed by atoms with E-state index in [-0.39, 0.29) is 5.91 Å². The quantitative estimate of drug-likeness (QED) is 0.590. The molecule has 2 aromatic carbocycles. The van der Waals surface area contributed by atoms with Crippen LogP contribution in [0.5, 0.6) is 0 Å². The van der Waals surface area contributed by atoms with Crippen molar-refractivity contribution in [2.75, 3.05) is 18.4 Å². The maximum Gasteiger partial charge on any atom is 0.228 e. The first kappa shape index (κ1) is 22.3. The number of allylic oxidation sites excluding steroid dienone is 2. The summed E-state index contributed by atoms with van der Waals surface area (Å²) in [6.45, 7) is 7.64. The molecule has 0 radical (unpaired) electrons. The molecule has 1 amide bonds. The number of benzene rings is 2. The molecule has 0 unspecified atom stereocenters. The van der Waals surface area contributed by atoms with E-state index in [1.54, 1.807) is 4.90 Å². The third-order valence-electron chi connectivity index (χ3n) is 6.63. The normalized spacial score (nSPS) is 20.1. The summed E-state index contributed by atoms with van der Waals surface area (Å²) in [6.07, 6.45) is 9.14. The number of aromatic nitrogens is 1. The van der Waals surface area contributed by atoms with Gasteiger partial charge in [0.25, 0.3) is 0 Å². The largest absolute Gasteiger partial charge is 0.356 e. The molecule has 0 aliphatic carbocycles. The van der Waals surface area contributed by atoms with Gasteiger partial charge in [0.1, 0.15) is 6.54 Å². The summed E-state index contributed by atoms with van der Waals surface area (Å²) >= 11 is 0. The number of fused-ring (bicyclic) bond motifs is 2. The Kier molecular flexibility index (Phi) is 7.38. The number of piperidine rings is 1. The number of anilines is 1. The van der Waals surface area contributed by atoms with E-state index in [4.69, 9.17) is 4.52 Å². The standard InChI is InChI=1S/C23H25N3O2.C4H8/c27-23-13-18-12-19-20(25-28-22(19)14-21(18)24-23)7-6-16-8-10-26(11-9-16)15-17-4-2-1-3-5-17;1-3-4-2/h1-5,12,14,16H,6-11,13,15H2,(H,24,27);3-4H,1-2H3/p+1/b;4-3-. The van der Waals surface area contributed by atoms with Crippen LogP contribution in [0.25, 0.3) is 11.0 Å². The Morgan fingerprint density at radius 2 is 1.88 bits per heavy atom.